The van der Waals surface area contributed by atoms with E-state index in [2.05, 4.69) is 20.7 Å². The highest BCUT2D eigenvalue weighted by molar-refractivity contribution is 9.11. The highest BCUT2D eigenvalue weighted by atomic mass is 79.9. The maximum atomic E-state index is 12.5. The van der Waals surface area contributed by atoms with Crippen molar-refractivity contribution < 1.29 is 9.00 Å². The molecule has 0 spiro atoms. The smallest absolute Gasteiger partial charge is 0.149 e. The van der Waals surface area contributed by atoms with Crippen LogP contribution in [-0.4, -0.2) is 14.7 Å². The molecule has 1 heterocycles. The topological polar surface area (TPSA) is 70.0 Å². The van der Waals surface area contributed by atoms with Gasteiger partial charge in [-0.2, -0.15) is 5.26 Å². The molecule has 1 aromatic heterocycles. The normalized spacial score (nSPS) is 15.9. The van der Waals surface area contributed by atoms with E-state index in [4.69, 9.17) is 16.9 Å². The van der Waals surface area contributed by atoms with E-state index in [1.807, 2.05) is 26.8 Å². The summed E-state index contributed by atoms with van der Waals surface area (Å²) in [6, 6.07) is 3.60. The van der Waals surface area contributed by atoms with Crippen LogP contribution in [0.2, 0.25) is 5.02 Å². The first kappa shape index (κ1) is 19.8. The van der Waals surface area contributed by atoms with Crippen LogP contribution in [0.5, 0.6) is 0 Å². The van der Waals surface area contributed by atoms with Crippen LogP contribution in [-0.2, 0) is 21.3 Å². The number of nitriles is 1. The maximum absolute atomic E-state index is 12.5. The predicted octanol–water partition coefficient (Wildman–Crippen LogP) is 4.30. The summed E-state index contributed by atoms with van der Waals surface area (Å²) in [6.45, 7) is 7.33. The molecule has 4 nitrogen and oxygen atoms in total. The van der Waals surface area contributed by atoms with Crippen LogP contribution in [0.25, 0.3) is 0 Å². The van der Waals surface area contributed by atoms with E-state index in [0.717, 1.165) is 8.66 Å². The van der Waals surface area contributed by atoms with Gasteiger partial charge in [-0.3, -0.25) is 4.79 Å². The van der Waals surface area contributed by atoms with Crippen molar-refractivity contribution in [2.45, 2.75) is 50.8 Å². The van der Waals surface area contributed by atoms with Crippen LogP contribution in [0, 0.1) is 11.3 Å². The van der Waals surface area contributed by atoms with E-state index in [1.54, 1.807) is 13.0 Å². The van der Waals surface area contributed by atoms with Gasteiger partial charge in [-0.15, -0.1) is 11.3 Å². The molecule has 0 aromatic carbocycles. The van der Waals surface area contributed by atoms with Gasteiger partial charge in [-0.05, 0) is 49.7 Å². The predicted molar refractivity (Wildman–Crippen MR) is 95.3 cm³/mol. The minimum absolute atomic E-state index is 0.0506. The molecule has 0 saturated heterocycles. The third kappa shape index (κ3) is 5.14. The highest BCUT2D eigenvalue weighted by Gasteiger charge is 2.37. The average Bonchev–Trinajstić information content (AvgIpc) is 2.67. The lowest BCUT2D eigenvalue weighted by Gasteiger charge is -2.32. The fourth-order valence-corrected chi connectivity index (χ4v) is 4.96. The maximum Gasteiger partial charge on any atom is 0.149 e. The Hall–Kier alpha value is -0.260. The van der Waals surface area contributed by atoms with Crippen LogP contribution >= 0.6 is 38.9 Å². The largest absolute Gasteiger partial charge is 0.298 e. The molecule has 0 aliphatic rings. The Morgan fingerprint density at radius 3 is 2.50 bits per heavy atom. The minimum Gasteiger partial charge on any atom is -0.298 e. The Morgan fingerprint density at radius 2 is 2.09 bits per heavy atom. The second kappa shape index (κ2) is 7.54. The Bertz CT molecular complexity index is 634. The van der Waals surface area contributed by atoms with Crippen molar-refractivity contribution >= 4 is 55.6 Å². The first-order chi connectivity index (χ1) is 9.99. The van der Waals surface area contributed by atoms with Crippen LogP contribution < -0.4 is 4.72 Å². The zero-order chi connectivity index (χ0) is 17.1. The first-order valence-corrected chi connectivity index (χ1v) is 9.67. The van der Waals surface area contributed by atoms with Crippen LogP contribution in [0.4, 0.5) is 0 Å². The Kier molecular flexibility index (Phi) is 6.78. The Labute approximate surface area is 151 Å². The number of hydrogen-bond acceptors (Lipinski definition) is 4. The van der Waals surface area contributed by atoms with Gasteiger partial charge >= 0.3 is 0 Å². The molecule has 22 heavy (non-hydrogen) atoms. The molecule has 0 amide bonds. The van der Waals surface area contributed by atoms with E-state index >= 15 is 0 Å². The number of ketones is 1. The molecule has 1 rings (SSSR count). The third-order valence-corrected chi connectivity index (χ3v) is 6.92. The van der Waals surface area contributed by atoms with Crippen molar-refractivity contribution in [3.63, 3.8) is 0 Å². The Balaban J connectivity index is 3.21. The van der Waals surface area contributed by atoms with Gasteiger partial charge in [0.2, 0.25) is 0 Å². The molecule has 0 aliphatic carbocycles. The molecule has 0 fully saturated rings. The summed E-state index contributed by atoms with van der Waals surface area (Å²) in [5.74, 6) is -0.219. The number of Topliss-reactive ketones (excluding diaryl/α,β-unsaturated/α-hetero) is 1. The fraction of sp³-hybridized carbons (Fsp3) is 0.571. The molecule has 2 unspecified atom stereocenters. The SMILES string of the molecule is CC(CC(=O)CC#N)(NS(=O)C(C)(C)C)c1sc(Br)cc1Cl. The number of carbonyl (C=O) groups excluding carboxylic acids is 1. The molecule has 0 aliphatic heterocycles. The molecule has 0 bridgehead atoms. The van der Waals surface area contributed by atoms with E-state index < -0.39 is 21.3 Å². The summed E-state index contributed by atoms with van der Waals surface area (Å²) >= 11 is 11.0. The van der Waals surface area contributed by atoms with E-state index in [-0.39, 0.29) is 18.6 Å². The number of carbonyl (C=O) groups is 1. The minimum atomic E-state index is -1.38. The standard InChI is InChI=1S/C14H18BrClN2O2S2/c1-13(2,3)22(20)18-14(4,8-9(19)5-6-17)12-10(16)7-11(15)21-12/h7,18H,5,8H2,1-4H3. The molecule has 122 valence electrons. The molecular weight excluding hydrogens is 408 g/mol. The van der Waals surface area contributed by atoms with Gasteiger partial charge in [-0.25, -0.2) is 8.93 Å². The molecule has 0 saturated carbocycles. The second-order valence-corrected chi connectivity index (χ2v) is 10.9. The Morgan fingerprint density at radius 1 is 1.50 bits per heavy atom. The van der Waals surface area contributed by atoms with Gasteiger partial charge in [0.15, 0.2) is 0 Å². The molecule has 1 aromatic rings. The molecular formula is C14H18BrClN2O2S2. The van der Waals surface area contributed by atoms with Gasteiger partial charge in [0.05, 0.1) is 42.6 Å². The zero-order valence-electron chi connectivity index (χ0n) is 12.8. The average molecular weight is 426 g/mol. The summed E-state index contributed by atoms with van der Waals surface area (Å²) in [6.07, 6.45) is -0.126. The number of halogens is 2. The third-order valence-electron chi connectivity index (χ3n) is 2.86. The second-order valence-electron chi connectivity index (χ2n) is 6.09. The summed E-state index contributed by atoms with van der Waals surface area (Å²) in [5.41, 5.74) is -0.889. The number of nitrogens with one attached hydrogen (secondary N) is 1. The molecule has 1 N–H and O–H groups in total. The fourth-order valence-electron chi connectivity index (χ4n) is 1.78. The summed E-state index contributed by atoms with van der Waals surface area (Å²) in [5, 5.41) is 9.19. The lowest BCUT2D eigenvalue weighted by atomic mass is 9.93. The van der Waals surface area contributed by atoms with Gasteiger partial charge in [-0.1, -0.05) is 11.6 Å². The van der Waals surface area contributed by atoms with Gasteiger partial charge < -0.3 is 0 Å². The number of hydrogen-bond donors (Lipinski definition) is 1. The number of thiophene rings is 1. The van der Waals surface area contributed by atoms with Crippen molar-refractivity contribution in [1.29, 1.82) is 5.26 Å². The van der Waals surface area contributed by atoms with Crippen molar-refractivity contribution in [1.82, 2.24) is 4.72 Å². The van der Waals surface area contributed by atoms with Crippen LogP contribution in [0.15, 0.2) is 9.85 Å². The van der Waals surface area contributed by atoms with E-state index in [0.29, 0.717) is 5.02 Å². The molecule has 2 atom stereocenters. The first-order valence-electron chi connectivity index (χ1n) is 6.53. The van der Waals surface area contributed by atoms with Crippen LogP contribution in [0.1, 0.15) is 45.4 Å². The summed E-state index contributed by atoms with van der Waals surface area (Å²) in [4.78, 5) is 12.7. The lowest BCUT2D eigenvalue weighted by Crippen LogP contribution is -2.47. The van der Waals surface area contributed by atoms with Gasteiger partial charge in [0.25, 0.3) is 0 Å². The van der Waals surface area contributed by atoms with Crippen molar-refractivity contribution in [3.05, 3.63) is 19.8 Å². The quantitative estimate of drug-likeness (QED) is 0.738. The summed E-state index contributed by atoms with van der Waals surface area (Å²) in [7, 11) is -1.38. The lowest BCUT2D eigenvalue weighted by molar-refractivity contribution is -0.119. The van der Waals surface area contributed by atoms with Crippen molar-refractivity contribution in [3.8, 4) is 6.07 Å². The highest BCUT2D eigenvalue weighted by Crippen LogP contribution is 2.40. The van der Waals surface area contributed by atoms with E-state index in [9.17, 15) is 9.00 Å². The van der Waals surface area contributed by atoms with Gasteiger partial charge in [0.1, 0.15) is 5.78 Å². The van der Waals surface area contributed by atoms with Crippen molar-refractivity contribution in [2.24, 2.45) is 0 Å². The molecule has 8 heteroatoms. The number of nitrogens with zero attached hydrogens (tertiary/aromatic N) is 1. The monoisotopic (exact) mass is 424 g/mol. The number of rotatable bonds is 6. The molecule has 0 radical (unpaired) electrons. The zero-order valence-corrected chi connectivity index (χ0v) is 16.8. The van der Waals surface area contributed by atoms with Gasteiger partial charge in [0, 0.05) is 11.3 Å². The van der Waals surface area contributed by atoms with Crippen molar-refractivity contribution in [2.75, 3.05) is 0 Å². The van der Waals surface area contributed by atoms with Crippen LogP contribution in [0.3, 0.4) is 0 Å². The van der Waals surface area contributed by atoms with E-state index in [1.165, 1.54) is 11.3 Å². The summed E-state index contributed by atoms with van der Waals surface area (Å²) < 4.78 is 15.9.